The predicted molar refractivity (Wildman–Crippen MR) is 63.8 cm³/mol. The van der Waals surface area contributed by atoms with Gasteiger partial charge in [-0.15, -0.1) is 0 Å². The second kappa shape index (κ2) is 7.63. The fourth-order valence-electron chi connectivity index (χ4n) is 1.26. The summed E-state index contributed by atoms with van der Waals surface area (Å²) in [6.45, 7) is 4.40. The second-order valence-corrected chi connectivity index (χ2v) is 4.19. The molecule has 0 aromatic rings. The molecule has 96 valence electrons. The number of nitriles is 1. The molecule has 0 atom stereocenters. The van der Waals surface area contributed by atoms with Crippen molar-refractivity contribution in [2.45, 2.75) is 26.3 Å². The van der Waals surface area contributed by atoms with Crippen LogP contribution in [0.1, 0.15) is 20.3 Å². The summed E-state index contributed by atoms with van der Waals surface area (Å²) in [6, 6.07) is 2.05. The average molecular weight is 240 g/mol. The number of hydrogen-bond donors (Lipinski definition) is 1. The van der Waals surface area contributed by atoms with Gasteiger partial charge in [-0.25, -0.2) is 0 Å². The number of nitrogens with two attached hydrogens (primary N) is 1. The molecule has 0 rings (SSSR count). The summed E-state index contributed by atoms with van der Waals surface area (Å²) in [4.78, 5) is 25.8. The van der Waals surface area contributed by atoms with Crippen LogP contribution < -0.4 is 5.73 Å². The smallest absolute Gasteiger partial charge is 0.236 e. The van der Waals surface area contributed by atoms with Crippen molar-refractivity contribution in [2.24, 2.45) is 5.73 Å². The Labute approximate surface area is 102 Å². The van der Waals surface area contributed by atoms with Gasteiger partial charge < -0.3 is 10.6 Å². The number of hydrogen-bond acceptors (Lipinski definition) is 4. The lowest BCUT2D eigenvalue weighted by Crippen LogP contribution is -2.45. The van der Waals surface area contributed by atoms with Crippen molar-refractivity contribution in [3.05, 3.63) is 0 Å². The zero-order valence-corrected chi connectivity index (χ0v) is 10.6. The fourth-order valence-corrected chi connectivity index (χ4v) is 1.26. The van der Waals surface area contributed by atoms with Crippen LogP contribution >= 0.6 is 0 Å². The van der Waals surface area contributed by atoms with E-state index in [1.54, 1.807) is 11.9 Å². The molecule has 6 nitrogen and oxygen atoms in total. The highest BCUT2D eigenvalue weighted by atomic mass is 16.2. The summed E-state index contributed by atoms with van der Waals surface area (Å²) < 4.78 is 0. The number of nitrogens with zero attached hydrogens (tertiary/aromatic N) is 3. The number of rotatable bonds is 7. The molecule has 0 bridgehead atoms. The molecule has 0 spiro atoms. The molecule has 2 N–H and O–H groups in total. The summed E-state index contributed by atoms with van der Waals surface area (Å²) in [5.41, 5.74) is 5.11. The topological polar surface area (TPSA) is 90.4 Å². The highest BCUT2D eigenvalue weighted by molar-refractivity contribution is 5.80. The van der Waals surface area contributed by atoms with E-state index in [0.717, 1.165) is 0 Å². The van der Waals surface area contributed by atoms with Gasteiger partial charge in [-0.3, -0.25) is 14.5 Å². The van der Waals surface area contributed by atoms with E-state index in [1.165, 1.54) is 4.90 Å². The van der Waals surface area contributed by atoms with Gasteiger partial charge in [0.2, 0.25) is 11.8 Å². The molecule has 0 unspecified atom stereocenters. The van der Waals surface area contributed by atoms with Crippen molar-refractivity contribution in [3.63, 3.8) is 0 Å². The van der Waals surface area contributed by atoms with Gasteiger partial charge in [0, 0.05) is 19.6 Å². The Balaban J connectivity index is 4.30. The normalized spacial score (nSPS) is 10.4. The third-order valence-corrected chi connectivity index (χ3v) is 2.41. The molecule has 0 radical (unpaired) electrons. The van der Waals surface area contributed by atoms with Crippen molar-refractivity contribution >= 4 is 11.8 Å². The molecule has 0 aliphatic carbocycles. The van der Waals surface area contributed by atoms with Crippen LogP contribution in [0.3, 0.4) is 0 Å². The van der Waals surface area contributed by atoms with Crippen molar-refractivity contribution in [3.8, 4) is 6.07 Å². The monoisotopic (exact) mass is 240 g/mol. The number of carbonyl (C=O) groups is 2. The first-order valence-corrected chi connectivity index (χ1v) is 5.51. The molecule has 0 aliphatic rings. The van der Waals surface area contributed by atoms with Crippen LogP contribution in [0.2, 0.25) is 0 Å². The van der Waals surface area contributed by atoms with E-state index in [0.29, 0.717) is 13.0 Å². The first-order valence-electron chi connectivity index (χ1n) is 5.51. The summed E-state index contributed by atoms with van der Waals surface area (Å²) in [5, 5.41) is 8.43. The van der Waals surface area contributed by atoms with Gasteiger partial charge in [-0.05, 0) is 13.8 Å². The van der Waals surface area contributed by atoms with E-state index < -0.39 is 5.91 Å². The molecular formula is C11H20N4O2. The molecule has 0 fully saturated rings. The van der Waals surface area contributed by atoms with Gasteiger partial charge in [0.05, 0.1) is 25.6 Å². The lowest BCUT2D eigenvalue weighted by Gasteiger charge is -2.26. The van der Waals surface area contributed by atoms with Gasteiger partial charge in [-0.2, -0.15) is 5.26 Å². The summed E-state index contributed by atoms with van der Waals surface area (Å²) in [5.74, 6) is -0.568. The Bertz CT molecular complexity index is 309. The maximum Gasteiger partial charge on any atom is 0.236 e. The van der Waals surface area contributed by atoms with Crippen LogP contribution in [-0.2, 0) is 9.59 Å². The van der Waals surface area contributed by atoms with Gasteiger partial charge in [0.25, 0.3) is 0 Å². The van der Waals surface area contributed by atoms with Crippen LogP contribution in [0.15, 0.2) is 0 Å². The Morgan fingerprint density at radius 3 is 2.35 bits per heavy atom. The van der Waals surface area contributed by atoms with Crippen LogP contribution in [-0.4, -0.2) is 54.3 Å². The number of amides is 2. The Morgan fingerprint density at radius 1 is 1.35 bits per heavy atom. The van der Waals surface area contributed by atoms with Gasteiger partial charge in [0.15, 0.2) is 0 Å². The van der Waals surface area contributed by atoms with E-state index in [1.807, 2.05) is 19.9 Å². The largest absolute Gasteiger partial charge is 0.369 e. The first-order chi connectivity index (χ1) is 7.88. The van der Waals surface area contributed by atoms with Gasteiger partial charge in [0.1, 0.15) is 0 Å². The molecular weight excluding hydrogens is 220 g/mol. The minimum atomic E-state index is -0.453. The minimum Gasteiger partial charge on any atom is -0.369 e. The quantitative estimate of drug-likeness (QED) is 0.652. The molecule has 2 amide bonds. The minimum absolute atomic E-state index is 0.0650. The van der Waals surface area contributed by atoms with Crippen molar-refractivity contribution < 1.29 is 9.59 Å². The van der Waals surface area contributed by atoms with E-state index >= 15 is 0 Å². The van der Waals surface area contributed by atoms with Crippen molar-refractivity contribution in [1.29, 1.82) is 5.26 Å². The highest BCUT2D eigenvalue weighted by Gasteiger charge is 2.18. The van der Waals surface area contributed by atoms with E-state index in [-0.39, 0.29) is 25.0 Å². The first kappa shape index (κ1) is 15.4. The fraction of sp³-hybridized carbons (Fsp3) is 0.727. The zero-order valence-electron chi connectivity index (χ0n) is 10.6. The molecule has 0 aliphatic heterocycles. The van der Waals surface area contributed by atoms with Crippen LogP contribution in [0, 0.1) is 11.3 Å². The second-order valence-electron chi connectivity index (χ2n) is 4.19. The predicted octanol–water partition coefficient (Wildman–Crippen LogP) is -0.446. The third kappa shape index (κ3) is 6.53. The molecule has 0 aromatic heterocycles. The lowest BCUT2D eigenvalue weighted by atomic mass is 10.3. The van der Waals surface area contributed by atoms with Crippen LogP contribution in [0.5, 0.6) is 0 Å². The van der Waals surface area contributed by atoms with Crippen LogP contribution in [0.4, 0.5) is 0 Å². The maximum absolute atomic E-state index is 11.8. The Hall–Kier alpha value is -1.61. The van der Waals surface area contributed by atoms with E-state index in [9.17, 15) is 9.59 Å². The summed E-state index contributed by atoms with van der Waals surface area (Å²) >= 11 is 0. The van der Waals surface area contributed by atoms with Crippen molar-refractivity contribution in [1.82, 2.24) is 9.80 Å². The SMILES string of the molecule is CC(C)N(CC(N)=O)CC(=O)N(C)CCC#N. The highest BCUT2D eigenvalue weighted by Crippen LogP contribution is 1.99. The lowest BCUT2D eigenvalue weighted by molar-refractivity contribution is -0.132. The average Bonchev–Trinajstić information content (AvgIpc) is 2.23. The molecule has 17 heavy (non-hydrogen) atoms. The maximum atomic E-state index is 11.8. The Kier molecular flexibility index (Phi) is 6.91. The number of likely N-dealkylation sites (N-methyl/N-ethyl adjacent to an activating group) is 1. The van der Waals surface area contributed by atoms with Crippen LogP contribution in [0.25, 0.3) is 0 Å². The Morgan fingerprint density at radius 2 is 1.94 bits per heavy atom. The molecule has 0 saturated heterocycles. The summed E-state index contributed by atoms with van der Waals surface area (Å²) in [7, 11) is 1.64. The number of carbonyl (C=O) groups excluding carboxylic acids is 2. The van der Waals surface area contributed by atoms with Gasteiger partial charge in [-0.1, -0.05) is 0 Å². The zero-order chi connectivity index (χ0) is 13.4. The van der Waals surface area contributed by atoms with E-state index in [4.69, 9.17) is 11.0 Å². The molecule has 0 heterocycles. The third-order valence-electron chi connectivity index (χ3n) is 2.41. The number of primary amides is 1. The van der Waals surface area contributed by atoms with E-state index in [2.05, 4.69) is 0 Å². The summed E-state index contributed by atoms with van der Waals surface area (Å²) in [6.07, 6.45) is 0.305. The molecule has 0 saturated carbocycles. The van der Waals surface area contributed by atoms with Gasteiger partial charge >= 0.3 is 0 Å². The van der Waals surface area contributed by atoms with Crippen molar-refractivity contribution in [2.75, 3.05) is 26.7 Å². The standard InChI is InChI=1S/C11H20N4O2/c1-9(2)15(7-10(13)16)8-11(17)14(3)6-4-5-12/h9H,4,6-8H2,1-3H3,(H2,13,16). The molecule has 6 heteroatoms. The molecule has 0 aromatic carbocycles.